The Bertz CT molecular complexity index is 5110. The van der Waals surface area contributed by atoms with Crippen molar-refractivity contribution in [3.05, 3.63) is 354 Å². The third-order valence-electron chi connectivity index (χ3n) is 26.9. The van der Waals surface area contributed by atoms with Crippen molar-refractivity contribution in [3.63, 3.8) is 0 Å². The third-order valence-corrected chi connectivity index (χ3v) is 29.8. The Hall–Kier alpha value is -5.01. The molecule has 0 radical (unpaired) electrons. The molecule has 4 heterocycles. The summed E-state index contributed by atoms with van der Waals surface area (Å²) in [7, 11) is 8.72. The van der Waals surface area contributed by atoms with E-state index in [0.29, 0.717) is 11.1 Å². The SMILES string of the molecule is CC(=O)c1ccc(CCCCc2ccc(C(C)=O)cc2)cc1.CN1CCCN(C(=O)c2ccc(CCCCc3ccc(C(=O)N4CCCN(C)CC4)cc3)cc2)CC1.CN1CCCN(Cc2ccc(CCCCc3ccc(CN4CCCN(C)CC4)cc3)cc2)CC1.O=C(O)c1ccc(CCCCc2ccc(C(=O)O)cc2)cc1.O=C(c1ccc(CCCCc2ccc(C(=O)C(I)(I)I)cc2)cc1)C(I)(I)I.[AlH3].[H-].[Li+].[Na+].[OH-]. The summed E-state index contributed by atoms with van der Waals surface area (Å²) in [5.74, 6) is -0.988. The molecule has 10 aromatic carbocycles. The van der Waals surface area contributed by atoms with Gasteiger partial charge >= 0.3 is 60.4 Å². The number of carbonyl (C=O) groups excluding carboxylic acids is 6. The maximum absolute atomic E-state index is 12.9. The predicted octanol–water partition coefficient (Wildman–Crippen LogP) is 17.9. The van der Waals surface area contributed by atoms with Gasteiger partial charge in [0.15, 0.2) is 39.4 Å². The topological polar surface area (TPSA) is 233 Å². The van der Waals surface area contributed by atoms with Gasteiger partial charge in [-0.2, -0.15) is 0 Å². The number of Topliss-reactive ketones (excluding diaryl/α,β-unsaturated/α-hetero) is 4. The summed E-state index contributed by atoms with van der Waals surface area (Å²) in [6.07, 6.45) is 26.2. The fourth-order valence-electron chi connectivity index (χ4n) is 17.9. The average molecular weight is 2670 g/mol. The maximum Gasteiger partial charge on any atom is 1.00 e. The van der Waals surface area contributed by atoms with Crippen LogP contribution in [0.25, 0.3) is 0 Å². The Morgan fingerprint density at radius 1 is 0.253 bits per heavy atom. The van der Waals surface area contributed by atoms with Gasteiger partial charge in [-0.05, 0) is 486 Å². The molecule has 0 aliphatic carbocycles. The van der Waals surface area contributed by atoms with Crippen LogP contribution in [0.15, 0.2) is 243 Å². The van der Waals surface area contributed by atoms with Crippen molar-refractivity contribution in [2.45, 2.75) is 180 Å². The van der Waals surface area contributed by atoms with E-state index in [0.717, 1.165) is 226 Å². The van der Waals surface area contributed by atoms with Crippen LogP contribution < -0.4 is 48.4 Å². The van der Waals surface area contributed by atoms with Crippen LogP contribution in [0, 0.1) is 0 Å². The molecule has 4 aliphatic heterocycles. The fraction of sp³-hybridized carbons (Fsp3) is 0.424. The predicted molar refractivity (Wildman–Crippen MR) is 644 cm³/mol. The second kappa shape index (κ2) is 69.7. The number of carboxylic acids is 2. The standard InChI is InChI=1S/C30H42N4O2.C30H46N4.C20H16I6O2.C20H22O2.C18H18O4.Al.Li.Na.H2O.4H/c1-31-17-5-19-33(23-21-31)29(35)27-13-9-25(10-14-27)7-3-4-8-26-11-15-28(16-12-26)30(36)34-20-6-18-32(2)22-24-34;1-31-17-5-19-33(23-21-31)25-29-13-9-27(10-14-29)7-3-4-8-28-11-15-30(16-12-28)26-34-20-6-18-32(2)22-24-34;21-19(22,23)17(27)15-9-5-13(6-10-15)3-1-2-4-14-7-11-16(12-8-14)18(28)20(24,25)26;1-15(21)19-11-7-17(8-12-19)5-3-4-6-18-9-13-20(14-10-18)16(2)22;19-17(20)15-9-5-13(6-10-15)3-1-2-4-14-7-11-16(12-8-14)18(21)22;;;;;;;;/h9-16H,3-8,17-24H2,1-2H3;9-16H,3-8,17-26H2,1-2H3;5-12H,1-4H2;7-14H,3-6H2,1-2H3;5-12H,1-4H2,(H,19,20)(H,21,22);;;;1H2;;;;/q;;;;;;2*+1;;;;;-1/p-1. The molecular formula is C118H149AlI6LiN8NaO11. The first-order valence-corrected chi connectivity index (χ1v) is 57.1. The Morgan fingerprint density at radius 3 is 0.637 bits per heavy atom. The van der Waals surface area contributed by atoms with E-state index in [1.165, 1.54) is 147 Å². The monoisotopic (exact) mass is 2670 g/mol. The molecule has 0 unspecified atom stereocenters. The zero-order chi connectivity index (χ0) is 102. The molecular weight excluding hydrogens is 2520 g/mol. The molecule has 10 aromatic rings. The van der Waals surface area contributed by atoms with E-state index in [-0.39, 0.29) is 108 Å². The van der Waals surface area contributed by atoms with Crippen LogP contribution in [0.4, 0.5) is 0 Å². The van der Waals surface area contributed by atoms with Gasteiger partial charge in [0.25, 0.3) is 11.8 Å². The van der Waals surface area contributed by atoms with Crippen molar-refractivity contribution < 1.29 is 104 Å². The number of unbranched alkanes of at least 4 members (excludes halogenated alkanes) is 5. The second-order valence-corrected chi connectivity index (χ2v) is 60.5. The second-order valence-electron chi connectivity index (χ2n) is 38.4. The minimum Gasteiger partial charge on any atom is -1.00 e. The van der Waals surface area contributed by atoms with E-state index in [9.17, 15) is 38.4 Å². The number of alkyl halides is 6. The summed E-state index contributed by atoms with van der Waals surface area (Å²) in [5, 5.41) is 17.7. The van der Waals surface area contributed by atoms with Gasteiger partial charge in [-0.25, -0.2) is 9.59 Å². The summed E-state index contributed by atoms with van der Waals surface area (Å²) >= 11 is 13.0. The van der Waals surface area contributed by atoms with Crippen molar-refractivity contribution in [2.75, 3.05) is 133 Å². The van der Waals surface area contributed by atoms with Crippen LogP contribution in [0.3, 0.4) is 0 Å². The quantitative estimate of drug-likeness (QED) is 0.0120. The van der Waals surface area contributed by atoms with Gasteiger partial charge in [0.05, 0.1) is 11.1 Å². The molecule has 28 heteroatoms. The number of aromatic carboxylic acids is 2. The van der Waals surface area contributed by atoms with Crippen molar-refractivity contribution >= 4 is 200 Å². The van der Waals surface area contributed by atoms with Crippen molar-refractivity contribution in [2.24, 2.45) is 0 Å². The van der Waals surface area contributed by atoms with Crippen molar-refractivity contribution in [3.8, 4) is 0 Å². The number of hydrogen-bond donors (Lipinski definition) is 2. The summed E-state index contributed by atoms with van der Waals surface area (Å²) in [6, 6.07) is 80.9. The van der Waals surface area contributed by atoms with Gasteiger partial charge in [0.2, 0.25) is 0 Å². The van der Waals surface area contributed by atoms with E-state index in [4.69, 9.17) is 10.2 Å². The number of rotatable bonds is 39. The van der Waals surface area contributed by atoms with Crippen LogP contribution in [0.2, 0.25) is 0 Å². The van der Waals surface area contributed by atoms with E-state index in [1.54, 1.807) is 38.1 Å². The molecule has 0 aromatic heterocycles. The summed E-state index contributed by atoms with van der Waals surface area (Å²) in [6.45, 7) is 22.4. The molecule has 146 heavy (non-hydrogen) atoms. The molecule has 0 atom stereocenters. The third kappa shape index (κ3) is 48.3. The van der Waals surface area contributed by atoms with Gasteiger partial charge in [-0.15, -0.1) is 0 Å². The number of ketones is 4. The normalized spacial score (nSPS) is 14.5. The van der Waals surface area contributed by atoms with E-state index < -0.39 is 10.8 Å². The number of carboxylic acid groups (broad SMARTS) is 2. The fourth-order valence-corrected chi connectivity index (χ4v) is 19.7. The molecule has 19 nitrogen and oxygen atoms in total. The van der Waals surface area contributed by atoms with Gasteiger partial charge in [0.1, 0.15) is 0 Å². The molecule has 4 fully saturated rings. The molecule has 4 aliphatic rings. The Labute approximate surface area is 997 Å². The van der Waals surface area contributed by atoms with Gasteiger partial charge in [-0.3, -0.25) is 38.6 Å². The Balaban J connectivity index is 0.000000325. The minimum atomic E-state index is -0.906. The summed E-state index contributed by atoms with van der Waals surface area (Å²) < 4.78 is -0.860. The minimum absolute atomic E-state index is 0. The molecule has 14 rings (SSSR count). The number of carbonyl (C=O) groups is 8. The van der Waals surface area contributed by atoms with Gasteiger partial charge < -0.3 is 46.5 Å². The summed E-state index contributed by atoms with van der Waals surface area (Å²) in [5.41, 5.74) is 21.1. The molecule has 0 spiro atoms. The molecule has 0 bridgehead atoms. The van der Waals surface area contributed by atoms with Crippen molar-refractivity contribution in [1.82, 2.24) is 39.2 Å². The first kappa shape index (κ1) is 130. The molecule has 2 amide bonds. The van der Waals surface area contributed by atoms with Crippen LogP contribution >= 0.6 is 136 Å². The first-order valence-electron chi connectivity index (χ1n) is 50.6. The largest absolute Gasteiger partial charge is 1.00 e. The van der Waals surface area contributed by atoms with E-state index >= 15 is 0 Å². The van der Waals surface area contributed by atoms with Crippen LogP contribution in [0.1, 0.15) is 255 Å². The Morgan fingerprint density at radius 2 is 0.432 bits per heavy atom. The summed E-state index contributed by atoms with van der Waals surface area (Å²) in [4.78, 5) is 113. The number of benzene rings is 10. The molecule has 0 saturated carbocycles. The van der Waals surface area contributed by atoms with Crippen LogP contribution in [0.5, 0.6) is 0 Å². The molecule has 4 saturated heterocycles. The number of likely N-dealkylation sites (N-methyl/N-ethyl adjacent to an activating group) is 4. The average Bonchev–Trinajstić information content (AvgIpc) is 1.45. The van der Waals surface area contributed by atoms with Crippen LogP contribution in [-0.2, 0) is 77.3 Å². The van der Waals surface area contributed by atoms with E-state index in [1.807, 2.05) is 131 Å². The maximum atomic E-state index is 12.9. The van der Waals surface area contributed by atoms with Gasteiger partial charge in [0, 0.05) is 112 Å². The smallest absolute Gasteiger partial charge is 1.00 e. The number of aryl methyl sites for hydroxylation is 10. The van der Waals surface area contributed by atoms with Crippen molar-refractivity contribution in [1.29, 1.82) is 0 Å². The van der Waals surface area contributed by atoms with Crippen LogP contribution in [-0.4, -0.2) is 251 Å². The molecule has 774 valence electrons. The number of hydrogen-bond acceptors (Lipinski definition) is 15. The number of amides is 2. The zero-order valence-electron chi connectivity index (χ0n) is 87.2. The zero-order valence-corrected chi connectivity index (χ0v) is 101. The Kier molecular flexibility index (Phi) is 61.9. The first-order chi connectivity index (χ1) is 68.2. The number of halogens is 6. The molecule has 3 N–H and O–H groups in total. The van der Waals surface area contributed by atoms with Gasteiger partial charge in [-0.1, -0.05) is 194 Å². The number of nitrogens with zero attached hydrogens (tertiary/aromatic N) is 8. The van der Waals surface area contributed by atoms with E-state index in [2.05, 4.69) is 290 Å².